The second-order valence-corrected chi connectivity index (χ2v) is 7.21. The molecule has 5 nitrogen and oxygen atoms in total. The number of aromatic nitrogens is 1. The SMILES string of the molecule is CN=C(NCCCc1nc(C)cs1)NCc1ccc(COCC(F)(F)F)cc1. The molecule has 0 fully saturated rings. The summed E-state index contributed by atoms with van der Waals surface area (Å²) in [6.45, 7) is 2.05. The zero-order valence-electron chi connectivity index (χ0n) is 16.0. The monoisotopic (exact) mass is 414 g/mol. The topological polar surface area (TPSA) is 58.5 Å². The van der Waals surface area contributed by atoms with Gasteiger partial charge in [0.25, 0.3) is 0 Å². The standard InChI is InChI=1S/C19H25F3N4OS/c1-14-12-28-17(26-14)4-3-9-24-18(23-2)25-10-15-5-7-16(8-6-15)11-27-13-19(20,21)22/h5-8,12H,3-4,9-11,13H2,1-2H3,(H2,23,24,25). The van der Waals surface area contributed by atoms with Gasteiger partial charge in [-0.1, -0.05) is 24.3 Å². The Balaban J connectivity index is 1.66. The molecular formula is C19H25F3N4OS. The molecule has 1 aromatic heterocycles. The molecule has 0 aliphatic rings. The van der Waals surface area contributed by atoms with Crippen molar-refractivity contribution >= 4 is 17.3 Å². The minimum absolute atomic E-state index is 0.0605. The first-order valence-corrected chi connectivity index (χ1v) is 9.81. The van der Waals surface area contributed by atoms with Crippen LogP contribution in [0.25, 0.3) is 0 Å². The highest BCUT2D eigenvalue weighted by Crippen LogP contribution is 2.16. The van der Waals surface area contributed by atoms with E-state index in [1.807, 2.05) is 19.1 Å². The number of nitrogens with zero attached hydrogens (tertiary/aromatic N) is 2. The van der Waals surface area contributed by atoms with Crippen LogP contribution in [0.3, 0.4) is 0 Å². The average Bonchev–Trinajstić information content (AvgIpc) is 3.06. The molecule has 0 saturated carbocycles. The molecule has 1 aromatic carbocycles. The van der Waals surface area contributed by atoms with Crippen molar-refractivity contribution in [3.8, 4) is 0 Å². The fourth-order valence-electron chi connectivity index (χ4n) is 2.41. The van der Waals surface area contributed by atoms with Crippen molar-refractivity contribution in [3.63, 3.8) is 0 Å². The van der Waals surface area contributed by atoms with E-state index < -0.39 is 12.8 Å². The lowest BCUT2D eigenvalue weighted by molar-refractivity contribution is -0.176. The van der Waals surface area contributed by atoms with Gasteiger partial charge in [0.05, 0.1) is 11.6 Å². The summed E-state index contributed by atoms with van der Waals surface area (Å²) in [4.78, 5) is 8.63. The van der Waals surface area contributed by atoms with Gasteiger partial charge in [-0.2, -0.15) is 13.2 Å². The van der Waals surface area contributed by atoms with E-state index in [9.17, 15) is 13.2 Å². The minimum Gasteiger partial charge on any atom is -0.367 e. The Bertz CT molecular complexity index is 744. The van der Waals surface area contributed by atoms with E-state index in [4.69, 9.17) is 0 Å². The van der Waals surface area contributed by atoms with E-state index in [2.05, 4.69) is 30.7 Å². The number of ether oxygens (including phenoxy) is 1. The Morgan fingerprint density at radius 3 is 2.50 bits per heavy atom. The summed E-state index contributed by atoms with van der Waals surface area (Å²) in [7, 11) is 1.71. The van der Waals surface area contributed by atoms with Gasteiger partial charge >= 0.3 is 6.18 Å². The van der Waals surface area contributed by atoms with Crippen LogP contribution in [-0.4, -0.2) is 37.3 Å². The lowest BCUT2D eigenvalue weighted by atomic mass is 10.1. The second-order valence-electron chi connectivity index (χ2n) is 6.26. The highest BCUT2D eigenvalue weighted by molar-refractivity contribution is 7.09. The van der Waals surface area contributed by atoms with Crippen LogP contribution < -0.4 is 10.6 Å². The molecule has 28 heavy (non-hydrogen) atoms. The quantitative estimate of drug-likeness (QED) is 0.372. The predicted octanol–water partition coefficient (Wildman–Crippen LogP) is 3.83. The molecule has 2 aromatic rings. The van der Waals surface area contributed by atoms with Gasteiger partial charge in [0.1, 0.15) is 6.61 Å². The van der Waals surface area contributed by atoms with Crippen LogP contribution in [0, 0.1) is 6.92 Å². The molecule has 0 bridgehead atoms. The van der Waals surface area contributed by atoms with Gasteiger partial charge in [0, 0.05) is 37.6 Å². The van der Waals surface area contributed by atoms with E-state index in [0.717, 1.165) is 35.7 Å². The number of benzene rings is 1. The van der Waals surface area contributed by atoms with Gasteiger partial charge in [0.2, 0.25) is 0 Å². The number of nitrogens with one attached hydrogen (secondary N) is 2. The van der Waals surface area contributed by atoms with E-state index >= 15 is 0 Å². The van der Waals surface area contributed by atoms with Crippen LogP contribution in [0.5, 0.6) is 0 Å². The van der Waals surface area contributed by atoms with Crippen LogP contribution in [0.4, 0.5) is 13.2 Å². The molecule has 0 amide bonds. The highest BCUT2D eigenvalue weighted by Gasteiger charge is 2.27. The van der Waals surface area contributed by atoms with Crippen LogP contribution in [0.2, 0.25) is 0 Å². The second kappa shape index (κ2) is 11.0. The molecule has 0 unspecified atom stereocenters. The molecule has 1 heterocycles. The van der Waals surface area contributed by atoms with Gasteiger partial charge in [0.15, 0.2) is 5.96 Å². The zero-order chi connectivity index (χ0) is 20.4. The minimum atomic E-state index is -4.30. The summed E-state index contributed by atoms with van der Waals surface area (Å²) in [6.07, 6.45) is -2.41. The van der Waals surface area contributed by atoms with Gasteiger partial charge in [-0.3, -0.25) is 4.99 Å². The smallest absolute Gasteiger partial charge is 0.367 e. The Labute approximate surface area is 167 Å². The number of guanidine groups is 1. The van der Waals surface area contributed by atoms with Gasteiger partial charge in [-0.05, 0) is 24.5 Å². The molecule has 154 valence electrons. The van der Waals surface area contributed by atoms with Crippen LogP contribution >= 0.6 is 11.3 Å². The lowest BCUT2D eigenvalue weighted by Crippen LogP contribution is -2.37. The van der Waals surface area contributed by atoms with Gasteiger partial charge in [-0.15, -0.1) is 11.3 Å². The third kappa shape index (κ3) is 8.71. The fraction of sp³-hybridized carbons (Fsp3) is 0.474. The lowest BCUT2D eigenvalue weighted by Gasteiger charge is -2.12. The maximum atomic E-state index is 12.1. The van der Waals surface area contributed by atoms with Crippen molar-refractivity contribution in [3.05, 3.63) is 51.5 Å². The first-order chi connectivity index (χ1) is 13.4. The average molecular weight is 414 g/mol. The fourth-order valence-corrected chi connectivity index (χ4v) is 3.23. The Morgan fingerprint density at radius 2 is 1.89 bits per heavy atom. The molecule has 2 rings (SSSR count). The molecule has 0 spiro atoms. The summed E-state index contributed by atoms with van der Waals surface area (Å²) < 4.78 is 40.9. The first kappa shape index (κ1) is 22.2. The van der Waals surface area contributed by atoms with Gasteiger partial charge in [-0.25, -0.2) is 4.98 Å². The molecular weight excluding hydrogens is 389 g/mol. The Kier molecular flexibility index (Phi) is 8.72. The third-order valence-electron chi connectivity index (χ3n) is 3.77. The number of thiazole rings is 1. The summed E-state index contributed by atoms with van der Waals surface area (Å²) in [5.74, 6) is 0.702. The normalized spacial score (nSPS) is 12.2. The van der Waals surface area contributed by atoms with Crippen LogP contribution in [0.1, 0.15) is 28.2 Å². The van der Waals surface area contributed by atoms with Gasteiger partial charge < -0.3 is 15.4 Å². The van der Waals surface area contributed by atoms with Crippen LogP contribution in [0.15, 0.2) is 34.6 Å². The van der Waals surface area contributed by atoms with Crippen molar-refractivity contribution < 1.29 is 17.9 Å². The van der Waals surface area contributed by atoms with Crippen LogP contribution in [-0.2, 0) is 24.3 Å². The number of alkyl halides is 3. The van der Waals surface area contributed by atoms with E-state index in [-0.39, 0.29) is 6.61 Å². The van der Waals surface area contributed by atoms with Crippen molar-refractivity contribution in [2.75, 3.05) is 20.2 Å². The summed E-state index contributed by atoms with van der Waals surface area (Å²) in [5.41, 5.74) is 2.76. The van der Waals surface area contributed by atoms with E-state index in [1.165, 1.54) is 0 Å². The number of hydrogen-bond donors (Lipinski definition) is 2. The molecule has 0 radical (unpaired) electrons. The molecule has 2 N–H and O–H groups in total. The Morgan fingerprint density at radius 1 is 1.18 bits per heavy atom. The molecule has 0 aliphatic heterocycles. The summed E-state index contributed by atoms with van der Waals surface area (Å²) in [6, 6.07) is 7.24. The van der Waals surface area contributed by atoms with E-state index in [0.29, 0.717) is 18.1 Å². The maximum absolute atomic E-state index is 12.1. The number of rotatable bonds is 9. The maximum Gasteiger partial charge on any atom is 0.411 e. The molecule has 0 aliphatic carbocycles. The number of aliphatic imine (C=N–C) groups is 1. The zero-order valence-corrected chi connectivity index (χ0v) is 16.8. The third-order valence-corrected chi connectivity index (χ3v) is 4.79. The number of halogens is 3. The van der Waals surface area contributed by atoms with E-state index in [1.54, 1.807) is 30.5 Å². The van der Waals surface area contributed by atoms with Crippen molar-refractivity contribution in [2.24, 2.45) is 4.99 Å². The molecule has 0 saturated heterocycles. The van der Waals surface area contributed by atoms with Crippen molar-refractivity contribution in [1.29, 1.82) is 0 Å². The largest absolute Gasteiger partial charge is 0.411 e. The first-order valence-electron chi connectivity index (χ1n) is 8.93. The number of aryl methyl sites for hydroxylation is 2. The summed E-state index contributed by atoms with van der Waals surface area (Å²) >= 11 is 1.68. The predicted molar refractivity (Wildman–Crippen MR) is 106 cm³/mol. The van der Waals surface area contributed by atoms with Crippen molar-refractivity contribution in [2.45, 2.75) is 39.1 Å². The number of hydrogen-bond acceptors (Lipinski definition) is 4. The molecule has 0 atom stereocenters. The molecule has 9 heteroatoms. The highest BCUT2D eigenvalue weighted by atomic mass is 32.1. The van der Waals surface area contributed by atoms with Crippen molar-refractivity contribution in [1.82, 2.24) is 15.6 Å². The Hall–Kier alpha value is -2.13. The summed E-state index contributed by atoms with van der Waals surface area (Å²) in [5, 5.41) is 9.67.